The van der Waals surface area contributed by atoms with E-state index < -0.39 is 0 Å². The van der Waals surface area contributed by atoms with Crippen LogP contribution in [-0.4, -0.2) is 33.0 Å². The molecule has 0 saturated heterocycles. The highest BCUT2D eigenvalue weighted by atomic mass is 16.5. The molecular weight excluding hydrogens is 512 g/mol. The van der Waals surface area contributed by atoms with Gasteiger partial charge in [0, 0.05) is 12.8 Å². The molecule has 0 aliphatic heterocycles. The van der Waals surface area contributed by atoms with Crippen LogP contribution in [0.5, 0.6) is 0 Å². The van der Waals surface area contributed by atoms with Crippen LogP contribution in [0.3, 0.4) is 0 Å². The lowest BCUT2D eigenvalue weighted by molar-refractivity contribution is -0.152. The van der Waals surface area contributed by atoms with E-state index in [1.54, 1.807) is 11.8 Å². The van der Waals surface area contributed by atoms with Gasteiger partial charge in [0.15, 0.2) is 0 Å². The summed E-state index contributed by atoms with van der Waals surface area (Å²) < 4.78 is 7.48. The number of allylic oxidation sites excluding steroid dienone is 1. The molecule has 1 amide bonds. The van der Waals surface area contributed by atoms with Crippen molar-refractivity contribution in [1.82, 2.24) is 20.3 Å². The Morgan fingerprint density at radius 1 is 1.12 bits per heavy atom. The molecule has 5 rings (SSSR count). The van der Waals surface area contributed by atoms with E-state index in [-0.39, 0.29) is 29.9 Å². The second kappa shape index (κ2) is 12.6. The molecule has 228 valence electrons. The molecule has 0 aromatic carbocycles. The molecule has 41 heavy (non-hydrogen) atoms. The van der Waals surface area contributed by atoms with Gasteiger partial charge in [-0.2, -0.15) is 0 Å². The highest BCUT2D eigenvalue weighted by molar-refractivity contribution is 5.75. The summed E-state index contributed by atoms with van der Waals surface area (Å²) >= 11 is 0. The molecule has 1 aromatic heterocycles. The average molecular weight is 567 g/mol. The third-order valence-corrected chi connectivity index (χ3v) is 11.8. The Hall–Kier alpha value is -2.18. The van der Waals surface area contributed by atoms with E-state index in [9.17, 15) is 9.59 Å². The van der Waals surface area contributed by atoms with Gasteiger partial charge in [-0.05, 0) is 91.8 Å². The van der Waals surface area contributed by atoms with Crippen molar-refractivity contribution >= 4 is 11.9 Å². The third kappa shape index (κ3) is 6.44. The van der Waals surface area contributed by atoms with Crippen LogP contribution < -0.4 is 5.32 Å². The zero-order chi connectivity index (χ0) is 29.2. The number of carbonyl (C=O) groups excluding carboxylic acids is 2. The zero-order valence-corrected chi connectivity index (χ0v) is 26.3. The molecule has 1 heterocycles. The Bertz CT molecular complexity index is 1110. The van der Waals surface area contributed by atoms with E-state index in [1.807, 2.05) is 6.92 Å². The molecule has 4 aliphatic carbocycles. The van der Waals surface area contributed by atoms with E-state index >= 15 is 0 Å². The van der Waals surface area contributed by atoms with Gasteiger partial charge >= 0.3 is 5.97 Å². The molecule has 1 N–H and O–H groups in total. The summed E-state index contributed by atoms with van der Waals surface area (Å²) in [7, 11) is 0. The standard InChI is InChI=1S/C34H54N4O3/c1-6-31(39)35-20-26-21-38(37-36-26)22-32(40)41-27-15-17-34(5)25(19-27)11-13-28-29-14-12-24(10-8-7-9-23(2)3)33(29,4)18-16-30(28)34/h11,21,23-24,27-30H,6-10,12-20,22H2,1-5H3,(H,35,39)/t24-,27-,28-,29?,30?,33+,34?/m0/s1. The Kier molecular flexibility index (Phi) is 9.30. The number of amides is 1. The zero-order valence-electron chi connectivity index (χ0n) is 26.3. The monoisotopic (exact) mass is 566 g/mol. The van der Waals surface area contributed by atoms with Crippen LogP contribution in [-0.2, 0) is 27.4 Å². The number of rotatable bonds is 11. The summed E-state index contributed by atoms with van der Waals surface area (Å²) in [6.07, 6.45) is 20.1. The maximum atomic E-state index is 12.8. The summed E-state index contributed by atoms with van der Waals surface area (Å²) in [6.45, 7) is 12.1. The normalized spacial score (nSPS) is 34.4. The SMILES string of the molecule is CCC(=O)NCc1cn(CC(=O)O[C@H]2CCC3(C)C(=CC[C@@H]4C3CC[C@@]3(C)C4CC[C@@H]3CCCCC(C)C)C2)nn1. The maximum Gasteiger partial charge on any atom is 0.328 e. The minimum absolute atomic E-state index is 0.0335. The highest BCUT2D eigenvalue weighted by Gasteiger charge is 2.58. The quantitative estimate of drug-likeness (QED) is 0.177. The number of aromatic nitrogens is 3. The van der Waals surface area contributed by atoms with E-state index in [2.05, 4.69) is 49.4 Å². The summed E-state index contributed by atoms with van der Waals surface area (Å²) in [5, 5.41) is 10.9. The minimum Gasteiger partial charge on any atom is -0.461 e. The predicted octanol–water partition coefficient (Wildman–Crippen LogP) is 7.01. The van der Waals surface area contributed by atoms with Gasteiger partial charge in [0.25, 0.3) is 0 Å². The first-order valence-corrected chi connectivity index (χ1v) is 16.7. The van der Waals surface area contributed by atoms with Crippen molar-refractivity contribution in [1.29, 1.82) is 0 Å². The van der Waals surface area contributed by atoms with E-state index in [1.165, 1.54) is 62.5 Å². The molecule has 3 unspecified atom stereocenters. The fourth-order valence-electron chi connectivity index (χ4n) is 9.42. The molecular formula is C34H54N4O3. The number of unbranched alkanes of at least 4 members (excludes halogenated alkanes) is 1. The summed E-state index contributed by atoms with van der Waals surface area (Å²) in [6, 6.07) is 0. The van der Waals surface area contributed by atoms with Gasteiger partial charge in [-0.25, -0.2) is 4.68 Å². The van der Waals surface area contributed by atoms with Crippen LogP contribution in [0.2, 0.25) is 0 Å². The summed E-state index contributed by atoms with van der Waals surface area (Å²) in [4.78, 5) is 24.3. The first-order valence-electron chi connectivity index (χ1n) is 16.7. The van der Waals surface area contributed by atoms with Crippen LogP contribution in [0, 0.1) is 40.4 Å². The van der Waals surface area contributed by atoms with Crippen molar-refractivity contribution in [3.05, 3.63) is 23.5 Å². The van der Waals surface area contributed by atoms with Crippen molar-refractivity contribution in [2.45, 2.75) is 137 Å². The molecule has 3 fully saturated rings. The van der Waals surface area contributed by atoms with E-state index in [0.29, 0.717) is 24.1 Å². The molecule has 7 atom stereocenters. The number of hydrogen-bond acceptors (Lipinski definition) is 5. The van der Waals surface area contributed by atoms with Gasteiger partial charge in [0.1, 0.15) is 18.3 Å². The number of fused-ring (bicyclic) bond motifs is 5. The molecule has 1 aromatic rings. The third-order valence-electron chi connectivity index (χ3n) is 11.8. The maximum absolute atomic E-state index is 12.8. The number of esters is 1. The molecule has 3 saturated carbocycles. The van der Waals surface area contributed by atoms with Crippen molar-refractivity contribution in [2.75, 3.05) is 0 Å². The number of carbonyl (C=O) groups is 2. The molecule has 0 spiro atoms. The van der Waals surface area contributed by atoms with E-state index in [4.69, 9.17) is 4.74 Å². The minimum atomic E-state index is -0.263. The van der Waals surface area contributed by atoms with Gasteiger partial charge in [0.05, 0.1) is 12.7 Å². The second-order valence-electron chi connectivity index (χ2n) is 14.6. The number of nitrogens with zero attached hydrogens (tertiary/aromatic N) is 3. The van der Waals surface area contributed by atoms with Crippen LogP contribution in [0.25, 0.3) is 0 Å². The Morgan fingerprint density at radius 3 is 2.73 bits per heavy atom. The van der Waals surface area contributed by atoms with Crippen LogP contribution >= 0.6 is 0 Å². The summed E-state index contributed by atoms with van der Waals surface area (Å²) in [5.74, 6) is 3.93. The molecule has 7 nitrogen and oxygen atoms in total. The molecule has 7 heteroatoms. The number of ether oxygens (including phenoxy) is 1. The second-order valence-corrected chi connectivity index (χ2v) is 14.6. The Labute approximate surface area is 247 Å². The smallest absolute Gasteiger partial charge is 0.328 e. The van der Waals surface area contributed by atoms with Crippen molar-refractivity contribution in [3.8, 4) is 0 Å². The number of hydrogen-bond donors (Lipinski definition) is 1. The topological polar surface area (TPSA) is 86.1 Å². The van der Waals surface area contributed by atoms with Crippen molar-refractivity contribution < 1.29 is 14.3 Å². The first kappa shape index (κ1) is 30.3. The Morgan fingerprint density at radius 2 is 1.95 bits per heavy atom. The van der Waals surface area contributed by atoms with Crippen molar-refractivity contribution in [3.63, 3.8) is 0 Å². The molecule has 4 aliphatic rings. The lowest BCUT2D eigenvalue weighted by Gasteiger charge is -2.58. The van der Waals surface area contributed by atoms with Crippen LogP contribution in [0.4, 0.5) is 0 Å². The lowest BCUT2D eigenvalue weighted by Crippen LogP contribution is -2.50. The average Bonchev–Trinajstić information content (AvgIpc) is 3.53. The molecule has 0 bridgehead atoms. The van der Waals surface area contributed by atoms with Gasteiger partial charge in [-0.1, -0.05) is 70.7 Å². The van der Waals surface area contributed by atoms with Gasteiger partial charge < -0.3 is 10.1 Å². The Balaban J connectivity index is 1.15. The lowest BCUT2D eigenvalue weighted by atomic mass is 9.47. The first-order chi connectivity index (χ1) is 19.6. The van der Waals surface area contributed by atoms with Crippen molar-refractivity contribution in [2.24, 2.45) is 40.4 Å². The fraction of sp³-hybridized carbons (Fsp3) is 0.824. The van der Waals surface area contributed by atoms with Crippen LogP contribution in [0.1, 0.15) is 124 Å². The van der Waals surface area contributed by atoms with Gasteiger partial charge in [0.2, 0.25) is 5.91 Å². The number of nitrogens with one attached hydrogen (secondary N) is 1. The predicted molar refractivity (Wildman–Crippen MR) is 161 cm³/mol. The van der Waals surface area contributed by atoms with E-state index in [0.717, 1.165) is 48.9 Å². The highest BCUT2D eigenvalue weighted by Crippen LogP contribution is 2.66. The summed E-state index contributed by atoms with van der Waals surface area (Å²) in [5.41, 5.74) is 2.98. The van der Waals surface area contributed by atoms with Gasteiger partial charge in [-0.3, -0.25) is 9.59 Å². The largest absolute Gasteiger partial charge is 0.461 e. The van der Waals surface area contributed by atoms with Gasteiger partial charge in [-0.15, -0.1) is 5.10 Å². The fourth-order valence-corrected chi connectivity index (χ4v) is 9.42. The molecule has 0 radical (unpaired) electrons. The van der Waals surface area contributed by atoms with Crippen LogP contribution in [0.15, 0.2) is 17.8 Å².